The van der Waals surface area contributed by atoms with Crippen molar-refractivity contribution in [2.75, 3.05) is 0 Å². The van der Waals surface area contributed by atoms with Crippen LogP contribution in [0.25, 0.3) is 5.20 Å². The predicted octanol–water partition coefficient (Wildman–Crippen LogP) is 5.77. The van der Waals surface area contributed by atoms with Gasteiger partial charge in [0.15, 0.2) is 0 Å². The van der Waals surface area contributed by atoms with Crippen LogP contribution in [0, 0.1) is 11.5 Å². The summed E-state index contributed by atoms with van der Waals surface area (Å²) >= 11 is 0. The Morgan fingerprint density at radius 3 is 2.05 bits per heavy atom. The Hall–Kier alpha value is -1.31. The molecule has 0 saturated heterocycles. The summed E-state index contributed by atoms with van der Waals surface area (Å²) in [5, 5.41) is 1.48. The SMILES string of the molecule is C=CC/C(C#C[Si](C)(C)C)=C(/c1ccccc1)[Si](C)(C)C. The van der Waals surface area contributed by atoms with Gasteiger partial charge in [-0.25, -0.2) is 0 Å². The molecule has 0 bridgehead atoms. The first-order valence-electron chi connectivity index (χ1n) is 7.58. The normalized spacial score (nSPS) is 13.0. The van der Waals surface area contributed by atoms with Gasteiger partial charge in [0.05, 0.1) is 8.07 Å². The van der Waals surface area contributed by atoms with Crippen LogP contribution in [0.3, 0.4) is 0 Å². The van der Waals surface area contributed by atoms with Crippen molar-refractivity contribution < 1.29 is 0 Å². The Morgan fingerprint density at radius 2 is 1.62 bits per heavy atom. The first kappa shape index (κ1) is 17.7. The van der Waals surface area contributed by atoms with Crippen LogP contribution >= 0.6 is 0 Å². The maximum Gasteiger partial charge on any atom is 0.129 e. The Morgan fingerprint density at radius 1 is 1.05 bits per heavy atom. The average molecular weight is 313 g/mol. The second-order valence-electron chi connectivity index (χ2n) is 7.46. The molecule has 0 spiro atoms. The lowest BCUT2D eigenvalue weighted by Gasteiger charge is -2.24. The summed E-state index contributed by atoms with van der Waals surface area (Å²) < 4.78 is 0. The van der Waals surface area contributed by atoms with Crippen molar-refractivity contribution in [1.82, 2.24) is 0 Å². The summed E-state index contributed by atoms with van der Waals surface area (Å²) in [6.07, 6.45) is 2.85. The molecule has 0 heterocycles. The minimum Gasteiger partial charge on any atom is -0.127 e. The molecule has 1 aromatic carbocycles. The fourth-order valence-electron chi connectivity index (χ4n) is 2.29. The van der Waals surface area contributed by atoms with Gasteiger partial charge in [-0.05, 0) is 17.2 Å². The molecule has 0 aliphatic rings. The fourth-order valence-corrected chi connectivity index (χ4v) is 4.92. The molecule has 0 atom stereocenters. The Labute approximate surface area is 133 Å². The summed E-state index contributed by atoms with van der Waals surface area (Å²) in [5.74, 6) is 3.52. The standard InChI is InChI=1S/C19H28Si2/c1-8-12-17(15-16-20(2,3)4)19(21(5,6)7)18-13-10-9-11-14-18/h8-11,13-14H,1,12H2,2-7H3/b19-17+. The van der Waals surface area contributed by atoms with Gasteiger partial charge in [0.2, 0.25) is 0 Å². The number of allylic oxidation sites excluding steroid dienone is 2. The van der Waals surface area contributed by atoms with Crippen LogP contribution in [0.15, 0.2) is 48.6 Å². The number of rotatable bonds is 4. The summed E-state index contributed by atoms with van der Waals surface area (Å²) in [5.41, 5.74) is 6.14. The van der Waals surface area contributed by atoms with Gasteiger partial charge in [0, 0.05) is 5.57 Å². The number of hydrogen-bond acceptors (Lipinski definition) is 0. The summed E-state index contributed by atoms with van der Waals surface area (Å²) in [7, 11) is -2.85. The molecule has 0 aromatic heterocycles. The lowest BCUT2D eigenvalue weighted by molar-refractivity contribution is 1.32. The zero-order valence-electron chi connectivity index (χ0n) is 14.4. The molecular formula is C19H28Si2. The predicted molar refractivity (Wildman–Crippen MR) is 103 cm³/mol. The molecule has 0 unspecified atom stereocenters. The van der Waals surface area contributed by atoms with Crippen LogP contribution in [0.2, 0.25) is 39.3 Å². The minimum atomic E-state index is -1.48. The van der Waals surface area contributed by atoms with E-state index in [4.69, 9.17) is 0 Å². The van der Waals surface area contributed by atoms with Crippen LogP contribution in [-0.4, -0.2) is 16.1 Å². The molecule has 21 heavy (non-hydrogen) atoms. The molecule has 0 saturated carbocycles. The third-order valence-corrected chi connectivity index (χ3v) is 6.02. The average Bonchev–Trinajstić information content (AvgIpc) is 2.35. The second-order valence-corrected chi connectivity index (χ2v) is 17.2. The van der Waals surface area contributed by atoms with E-state index < -0.39 is 16.1 Å². The van der Waals surface area contributed by atoms with E-state index in [0.29, 0.717) is 0 Å². The monoisotopic (exact) mass is 312 g/mol. The van der Waals surface area contributed by atoms with E-state index in [9.17, 15) is 0 Å². The summed E-state index contributed by atoms with van der Waals surface area (Å²) in [6.45, 7) is 18.0. The highest BCUT2D eigenvalue weighted by Crippen LogP contribution is 2.30. The molecule has 1 aromatic rings. The third-order valence-electron chi connectivity index (χ3n) is 3.05. The molecule has 2 heteroatoms. The molecule has 112 valence electrons. The largest absolute Gasteiger partial charge is 0.129 e. The number of hydrogen-bond donors (Lipinski definition) is 0. The first-order valence-corrected chi connectivity index (χ1v) is 14.6. The zero-order chi connectivity index (χ0) is 16.1. The third kappa shape index (κ3) is 5.91. The van der Waals surface area contributed by atoms with E-state index in [1.165, 1.54) is 16.3 Å². The lowest BCUT2D eigenvalue weighted by atomic mass is 10.1. The topological polar surface area (TPSA) is 0 Å². The van der Waals surface area contributed by atoms with E-state index in [0.717, 1.165) is 6.42 Å². The molecule has 0 aliphatic carbocycles. The molecule has 0 nitrogen and oxygen atoms in total. The summed E-state index contributed by atoms with van der Waals surface area (Å²) in [4.78, 5) is 0. The molecule has 0 amide bonds. The molecule has 0 N–H and O–H groups in total. The van der Waals surface area contributed by atoms with Crippen molar-refractivity contribution in [1.29, 1.82) is 0 Å². The van der Waals surface area contributed by atoms with Gasteiger partial charge in [0.25, 0.3) is 0 Å². The van der Waals surface area contributed by atoms with E-state index in [1.54, 1.807) is 0 Å². The molecular weight excluding hydrogens is 284 g/mol. The highest BCUT2D eigenvalue weighted by Gasteiger charge is 2.24. The zero-order valence-corrected chi connectivity index (χ0v) is 16.4. The molecule has 0 aliphatic heterocycles. The highest BCUT2D eigenvalue weighted by atomic mass is 28.3. The molecule has 0 fully saturated rings. The molecule has 1 rings (SSSR count). The van der Waals surface area contributed by atoms with E-state index in [1.807, 2.05) is 6.08 Å². The Bertz CT molecular complexity index is 570. The number of benzene rings is 1. The van der Waals surface area contributed by atoms with Gasteiger partial charge < -0.3 is 0 Å². The van der Waals surface area contributed by atoms with Crippen molar-refractivity contribution in [3.8, 4) is 11.5 Å². The van der Waals surface area contributed by atoms with Crippen LogP contribution < -0.4 is 0 Å². The lowest BCUT2D eigenvalue weighted by Crippen LogP contribution is -2.24. The van der Waals surface area contributed by atoms with Gasteiger partial charge in [-0.3, -0.25) is 0 Å². The fraction of sp³-hybridized carbons (Fsp3) is 0.368. The van der Waals surface area contributed by atoms with Crippen LogP contribution in [-0.2, 0) is 0 Å². The maximum atomic E-state index is 3.93. The van der Waals surface area contributed by atoms with E-state index in [2.05, 4.69) is 87.7 Å². The Kier molecular flexibility index (Phi) is 6.01. The second kappa shape index (κ2) is 7.11. The first-order chi connectivity index (χ1) is 9.65. The van der Waals surface area contributed by atoms with Crippen LogP contribution in [0.5, 0.6) is 0 Å². The quantitative estimate of drug-likeness (QED) is 0.376. The van der Waals surface area contributed by atoms with Gasteiger partial charge >= 0.3 is 0 Å². The van der Waals surface area contributed by atoms with Crippen molar-refractivity contribution in [3.63, 3.8) is 0 Å². The van der Waals surface area contributed by atoms with Crippen LogP contribution in [0.1, 0.15) is 12.0 Å². The Balaban J connectivity index is 3.53. The van der Waals surface area contributed by atoms with Gasteiger partial charge in [-0.15, -0.1) is 12.1 Å². The molecule has 0 radical (unpaired) electrons. The van der Waals surface area contributed by atoms with Gasteiger partial charge in [-0.2, -0.15) is 0 Å². The van der Waals surface area contributed by atoms with Crippen molar-refractivity contribution in [2.45, 2.75) is 45.7 Å². The van der Waals surface area contributed by atoms with Gasteiger partial charge in [0.1, 0.15) is 8.07 Å². The maximum absolute atomic E-state index is 3.93. The van der Waals surface area contributed by atoms with Gasteiger partial charge in [-0.1, -0.05) is 81.6 Å². The highest BCUT2D eigenvalue weighted by molar-refractivity contribution is 6.94. The minimum absolute atomic E-state index is 0.867. The van der Waals surface area contributed by atoms with E-state index >= 15 is 0 Å². The van der Waals surface area contributed by atoms with Crippen molar-refractivity contribution in [3.05, 3.63) is 54.1 Å². The smallest absolute Gasteiger partial charge is 0.127 e. The summed E-state index contributed by atoms with van der Waals surface area (Å²) in [6, 6.07) is 10.7. The van der Waals surface area contributed by atoms with Crippen molar-refractivity contribution in [2.24, 2.45) is 0 Å². The van der Waals surface area contributed by atoms with E-state index in [-0.39, 0.29) is 0 Å². The van der Waals surface area contributed by atoms with Crippen molar-refractivity contribution >= 4 is 21.3 Å². The van der Waals surface area contributed by atoms with Crippen LogP contribution in [0.4, 0.5) is 0 Å².